The van der Waals surface area contributed by atoms with E-state index in [-0.39, 0.29) is 0 Å². The number of aryl methyl sites for hydroxylation is 1. The first-order valence-electron chi connectivity index (χ1n) is 19.7. The molecule has 3 heterocycles. The van der Waals surface area contributed by atoms with Gasteiger partial charge in [-0.1, -0.05) is 151 Å². The molecule has 3 heteroatoms. The Morgan fingerprint density at radius 3 is 1.66 bits per heavy atom. The highest BCUT2D eigenvalue weighted by Gasteiger charge is 2.50. The van der Waals surface area contributed by atoms with E-state index in [1.807, 2.05) is 11.8 Å². The van der Waals surface area contributed by atoms with Crippen LogP contribution in [-0.4, -0.2) is 9.13 Å². The van der Waals surface area contributed by atoms with Gasteiger partial charge in [0.05, 0.1) is 22.0 Å². The maximum absolute atomic E-state index is 2.64. The van der Waals surface area contributed by atoms with Gasteiger partial charge in [0.1, 0.15) is 0 Å². The molecule has 0 atom stereocenters. The first-order valence-corrected chi connectivity index (χ1v) is 20.5. The maximum Gasteiger partial charge on any atom is 0.0736 e. The van der Waals surface area contributed by atoms with Crippen molar-refractivity contribution in [2.45, 2.75) is 28.0 Å². The summed E-state index contributed by atoms with van der Waals surface area (Å²) in [5, 5.41) is 3.90. The predicted octanol–water partition coefficient (Wildman–Crippen LogP) is 13.3. The Balaban J connectivity index is 1.12. The molecule has 2 aliphatic carbocycles. The molecule has 2 nitrogen and oxygen atoms in total. The van der Waals surface area contributed by atoms with Gasteiger partial charge in [-0.3, -0.25) is 0 Å². The summed E-state index contributed by atoms with van der Waals surface area (Å²) in [7, 11) is 0. The maximum atomic E-state index is 2.64. The second-order valence-corrected chi connectivity index (χ2v) is 16.5. The number of nitrogens with zero attached hydrogens (tertiary/aromatic N) is 2. The van der Waals surface area contributed by atoms with Crippen LogP contribution in [0.3, 0.4) is 0 Å². The SMILES string of the molecule is c1ccc2c(c1)CCc1c-2c2ccc3c(c2n1-c1ccc(-n2c4ccccc4c4ccccc42)cc1)Sc1ccccc1C31c2ccccc2-c2ccccc21. The fourth-order valence-electron chi connectivity index (χ4n) is 10.7. The van der Waals surface area contributed by atoms with E-state index in [0.29, 0.717) is 0 Å². The summed E-state index contributed by atoms with van der Waals surface area (Å²) in [6.07, 6.45) is 2.02. The van der Waals surface area contributed by atoms with Crippen LogP contribution in [0.25, 0.3) is 66.3 Å². The zero-order valence-corrected chi connectivity index (χ0v) is 31.4. The summed E-state index contributed by atoms with van der Waals surface area (Å²) in [6.45, 7) is 0. The lowest BCUT2D eigenvalue weighted by molar-refractivity contribution is 0.723. The molecule has 0 saturated carbocycles. The number of hydrogen-bond acceptors (Lipinski definition) is 1. The van der Waals surface area contributed by atoms with E-state index in [4.69, 9.17) is 0 Å². The van der Waals surface area contributed by atoms with E-state index in [2.05, 4.69) is 191 Å². The third-order valence-corrected chi connectivity index (χ3v) is 14.1. The fourth-order valence-corrected chi connectivity index (χ4v) is 12.1. The molecule has 0 unspecified atom stereocenters. The lowest BCUT2D eigenvalue weighted by atomic mass is 9.67. The van der Waals surface area contributed by atoms with Crippen LogP contribution in [-0.2, 0) is 18.3 Å². The normalized spacial score (nSPS) is 14.4. The first kappa shape index (κ1) is 30.7. The van der Waals surface area contributed by atoms with Gasteiger partial charge >= 0.3 is 0 Å². The molecule has 56 heavy (non-hydrogen) atoms. The van der Waals surface area contributed by atoms with Gasteiger partial charge < -0.3 is 9.13 Å². The van der Waals surface area contributed by atoms with E-state index in [0.717, 1.165) is 12.8 Å². The first-order chi connectivity index (χ1) is 27.8. The zero-order valence-electron chi connectivity index (χ0n) is 30.5. The number of rotatable bonds is 2. The van der Waals surface area contributed by atoms with Crippen molar-refractivity contribution in [3.63, 3.8) is 0 Å². The Kier molecular flexibility index (Phi) is 6.18. The Bertz CT molecular complexity index is 3190. The van der Waals surface area contributed by atoms with Crippen LogP contribution in [0.1, 0.15) is 33.5 Å². The van der Waals surface area contributed by atoms with E-state index in [1.165, 1.54) is 110 Å². The largest absolute Gasteiger partial charge is 0.312 e. The van der Waals surface area contributed by atoms with Gasteiger partial charge in [0.25, 0.3) is 0 Å². The average molecular weight is 731 g/mol. The molecule has 13 rings (SSSR count). The summed E-state index contributed by atoms with van der Waals surface area (Å²) in [4.78, 5) is 2.68. The molecule has 0 radical (unpaired) electrons. The van der Waals surface area contributed by atoms with Gasteiger partial charge in [-0.15, -0.1) is 0 Å². The Morgan fingerprint density at radius 2 is 0.964 bits per heavy atom. The number of hydrogen-bond donors (Lipinski definition) is 0. The second-order valence-electron chi connectivity index (χ2n) is 15.5. The van der Waals surface area contributed by atoms with Crippen LogP contribution < -0.4 is 0 Å². The third kappa shape index (κ3) is 3.83. The van der Waals surface area contributed by atoms with Gasteiger partial charge in [-0.05, 0) is 99.8 Å². The smallest absolute Gasteiger partial charge is 0.0736 e. The highest BCUT2D eigenvalue weighted by Crippen LogP contribution is 2.63. The Labute approximate surface area is 329 Å². The third-order valence-electron chi connectivity index (χ3n) is 12.9. The van der Waals surface area contributed by atoms with Gasteiger partial charge in [0, 0.05) is 48.6 Å². The van der Waals surface area contributed by atoms with Crippen LogP contribution in [0.15, 0.2) is 192 Å². The Morgan fingerprint density at radius 1 is 0.411 bits per heavy atom. The predicted molar refractivity (Wildman–Crippen MR) is 232 cm³/mol. The van der Waals surface area contributed by atoms with E-state index >= 15 is 0 Å². The molecule has 1 aliphatic heterocycles. The van der Waals surface area contributed by atoms with Crippen LogP contribution in [0.4, 0.5) is 0 Å². The van der Waals surface area contributed by atoms with Crippen molar-refractivity contribution in [2.24, 2.45) is 0 Å². The minimum atomic E-state index is -0.424. The molecular weight excluding hydrogens is 697 g/mol. The number of benzene rings is 8. The van der Waals surface area contributed by atoms with E-state index < -0.39 is 5.41 Å². The number of fused-ring (bicyclic) bond motifs is 18. The van der Waals surface area contributed by atoms with Crippen molar-refractivity contribution in [3.8, 4) is 33.6 Å². The highest BCUT2D eigenvalue weighted by atomic mass is 32.2. The summed E-state index contributed by atoms with van der Waals surface area (Å²) < 4.78 is 5.05. The quantitative estimate of drug-likeness (QED) is 0.172. The van der Waals surface area contributed by atoms with Crippen molar-refractivity contribution in [3.05, 3.63) is 216 Å². The van der Waals surface area contributed by atoms with Gasteiger partial charge in [-0.25, -0.2) is 0 Å². The molecule has 10 aromatic rings. The number of aromatic nitrogens is 2. The summed E-state index contributed by atoms with van der Waals surface area (Å²) in [5.74, 6) is 0. The molecule has 2 aromatic heterocycles. The van der Waals surface area contributed by atoms with Gasteiger partial charge in [0.2, 0.25) is 0 Å². The summed E-state index contributed by atoms with van der Waals surface area (Å²) in [6, 6.07) is 68.3. The molecule has 262 valence electrons. The van der Waals surface area contributed by atoms with Crippen LogP contribution >= 0.6 is 11.8 Å². The summed E-state index contributed by atoms with van der Waals surface area (Å²) >= 11 is 1.95. The molecule has 0 fully saturated rings. The molecular formula is C53H34N2S. The van der Waals surface area contributed by atoms with Crippen molar-refractivity contribution in [1.82, 2.24) is 9.13 Å². The van der Waals surface area contributed by atoms with Crippen molar-refractivity contribution >= 4 is 44.5 Å². The monoisotopic (exact) mass is 730 g/mol. The molecule has 0 N–H and O–H groups in total. The van der Waals surface area contributed by atoms with E-state index in [9.17, 15) is 0 Å². The average Bonchev–Trinajstić information content (AvgIpc) is 3.89. The van der Waals surface area contributed by atoms with Crippen LogP contribution in [0, 0.1) is 0 Å². The standard InChI is InChI=1S/C53H34N2S/c1-2-14-36-33(13-1)25-32-48-50(36)41-30-31-45-52(56-49-24-12-9-21-44(49)53(45)42-19-7-3-15-37(42)38-16-4-8-20-43(38)53)51(41)55(48)35-28-26-34(27-29-35)54-46-22-10-5-17-39(46)40-18-6-11-23-47(40)54/h1-24,26-31H,25,32H2. The fraction of sp³-hybridized carbons (Fsp3) is 0.0566. The van der Waals surface area contributed by atoms with E-state index in [1.54, 1.807) is 0 Å². The van der Waals surface area contributed by atoms with Crippen LogP contribution in [0.2, 0.25) is 0 Å². The topological polar surface area (TPSA) is 9.86 Å². The minimum absolute atomic E-state index is 0.424. The van der Waals surface area contributed by atoms with Crippen LogP contribution in [0.5, 0.6) is 0 Å². The van der Waals surface area contributed by atoms with Crippen molar-refractivity contribution in [2.75, 3.05) is 0 Å². The lowest BCUT2D eigenvalue weighted by Crippen LogP contribution is -2.32. The molecule has 1 spiro atoms. The highest BCUT2D eigenvalue weighted by molar-refractivity contribution is 7.99. The summed E-state index contributed by atoms with van der Waals surface area (Å²) in [5.41, 5.74) is 19.5. The molecule has 0 saturated heterocycles. The number of para-hydroxylation sites is 2. The lowest BCUT2D eigenvalue weighted by Gasteiger charge is -2.40. The van der Waals surface area contributed by atoms with Gasteiger partial charge in [-0.2, -0.15) is 0 Å². The minimum Gasteiger partial charge on any atom is -0.312 e. The zero-order chi connectivity index (χ0) is 36.5. The molecule has 3 aliphatic rings. The van der Waals surface area contributed by atoms with Crippen molar-refractivity contribution < 1.29 is 0 Å². The van der Waals surface area contributed by atoms with Gasteiger partial charge in [0.15, 0.2) is 0 Å². The molecule has 0 amide bonds. The second kappa shape index (κ2) is 11.3. The Hall–Kier alpha value is -6.55. The molecule has 0 bridgehead atoms. The molecule has 8 aromatic carbocycles. The van der Waals surface area contributed by atoms with Crippen molar-refractivity contribution in [1.29, 1.82) is 0 Å².